The summed E-state index contributed by atoms with van der Waals surface area (Å²) in [6.07, 6.45) is 6.07. The van der Waals surface area contributed by atoms with Crippen LogP contribution in [0.25, 0.3) is 0 Å². The number of hydrogen-bond donors (Lipinski definition) is 1. The molecule has 1 fully saturated rings. The van der Waals surface area contributed by atoms with E-state index >= 15 is 0 Å². The first-order valence-corrected chi connectivity index (χ1v) is 5.77. The molecule has 13 heavy (non-hydrogen) atoms. The molecule has 4 nitrogen and oxygen atoms in total. The molecule has 0 saturated heterocycles. The van der Waals surface area contributed by atoms with E-state index < -0.39 is 10.3 Å². The first-order valence-electron chi connectivity index (χ1n) is 4.37. The van der Waals surface area contributed by atoms with Crippen LogP contribution in [-0.4, -0.2) is 30.4 Å². The predicted molar refractivity (Wildman–Crippen MR) is 48.5 cm³/mol. The first kappa shape index (κ1) is 9.18. The number of rotatable bonds is 2. The van der Waals surface area contributed by atoms with Crippen LogP contribution >= 0.6 is 0 Å². The minimum atomic E-state index is -4.01. The molecule has 2 aliphatic carbocycles. The van der Waals surface area contributed by atoms with Gasteiger partial charge in [0.1, 0.15) is 0 Å². The van der Waals surface area contributed by atoms with Crippen LogP contribution in [0.1, 0.15) is 12.8 Å². The van der Waals surface area contributed by atoms with Gasteiger partial charge in [0.15, 0.2) is 0 Å². The molecule has 0 amide bonds. The van der Waals surface area contributed by atoms with Crippen LogP contribution in [0, 0.1) is 11.8 Å². The van der Waals surface area contributed by atoms with E-state index in [-0.39, 0.29) is 6.04 Å². The van der Waals surface area contributed by atoms with Crippen LogP contribution in [0.5, 0.6) is 0 Å². The summed E-state index contributed by atoms with van der Waals surface area (Å²) in [5.41, 5.74) is 0. The maximum Gasteiger partial charge on any atom is 0.335 e. The van der Waals surface area contributed by atoms with E-state index in [1.807, 2.05) is 0 Å². The van der Waals surface area contributed by atoms with E-state index in [1.54, 1.807) is 0 Å². The van der Waals surface area contributed by atoms with E-state index in [9.17, 15) is 8.42 Å². The second-order valence-corrected chi connectivity index (χ2v) is 5.31. The van der Waals surface area contributed by atoms with Gasteiger partial charge >= 0.3 is 10.3 Å². The molecular formula is C8H13NO3S. The zero-order chi connectivity index (χ0) is 9.64. The molecule has 74 valence electrons. The molecular weight excluding hydrogens is 190 g/mol. The Bertz CT molecular complexity index is 335. The van der Waals surface area contributed by atoms with Crippen LogP contribution in [0.4, 0.5) is 0 Å². The number of nitrogens with zero attached hydrogens (tertiary/aromatic N) is 1. The molecule has 1 saturated carbocycles. The van der Waals surface area contributed by atoms with Crippen molar-refractivity contribution < 1.29 is 13.0 Å². The van der Waals surface area contributed by atoms with E-state index in [2.05, 4.69) is 12.2 Å². The summed E-state index contributed by atoms with van der Waals surface area (Å²) in [6, 6.07) is -0.0370. The highest BCUT2D eigenvalue weighted by molar-refractivity contribution is 7.83. The Balaban J connectivity index is 2.16. The Morgan fingerprint density at radius 1 is 1.38 bits per heavy atom. The molecule has 0 aromatic heterocycles. The summed E-state index contributed by atoms with van der Waals surface area (Å²) < 4.78 is 31.6. The summed E-state index contributed by atoms with van der Waals surface area (Å²) >= 11 is 0. The fourth-order valence-electron chi connectivity index (χ4n) is 2.34. The number of allylic oxidation sites excluding steroid dienone is 1. The maximum atomic E-state index is 10.9. The number of fused-ring (bicyclic) bond motifs is 2. The third-order valence-corrected chi connectivity index (χ3v) is 4.07. The van der Waals surface area contributed by atoms with Gasteiger partial charge in [0.2, 0.25) is 0 Å². The van der Waals surface area contributed by atoms with Crippen LogP contribution in [0.3, 0.4) is 0 Å². The molecule has 5 heteroatoms. The van der Waals surface area contributed by atoms with E-state index in [0.717, 1.165) is 17.1 Å². The fourth-order valence-corrected chi connectivity index (χ4v) is 2.93. The lowest BCUT2D eigenvalue weighted by Gasteiger charge is -2.25. The van der Waals surface area contributed by atoms with Crippen molar-refractivity contribution in [3.8, 4) is 0 Å². The lowest BCUT2D eigenvalue weighted by molar-refractivity contribution is 0.293. The summed E-state index contributed by atoms with van der Waals surface area (Å²) in [5.74, 6) is 0.816. The predicted octanol–water partition coefficient (Wildman–Crippen LogP) is 0.686. The third kappa shape index (κ3) is 1.51. The topological polar surface area (TPSA) is 57.6 Å². The quantitative estimate of drug-likeness (QED) is 0.530. The lowest BCUT2D eigenvalue weighted by Crippen LogP contribution is -2.39. The van der Waals surface area contributed by atoms with Gasteiger partial charge in [0, 0.05) is 13.1 Å². The van der Waals surface area contributed by atoms with E-state index in [1.165, 1.54) is 7.05 Å². The largest absolute Gasteiger partial charge is 0.335 e. The molecule has 2 aliphatic rings. The molecule has 0 aromatic rings. The number of hydrogen-bond acceptors (Lipinski definition) is 2. The minimum Gasteiger partial charge on any atom is -0.273 e. The van der Waals surface area contributed by atoms with Crippen molar-refractivity contribution in [2.45, 2.75) is 18.9 Å². The SMILES string of the molecule is CN(C1C[C@H]2C=CC1C2)S(=O)(=O)O. The molecule has 2 bridgehead atoms. The monoisotopic (exact) mass is 203 g/mol. The van der Waals surface area contributed by atoms with Crippen LogP contribution in [0.15, 0.2) is 12.2 Å². The average molecular weight is 203 g/mol. The van der Waals surface area contributed by atoms with Crippen molar-refractivity contribution in [3.63, 3.8) is 0 Å². The second-order valence-electron chi connectivity index (χ2n) is 3.84. The summed E-state index contributed by atoms with van der Waals surface area (Å²) in [6.45, 7) is 0. The van der Waals surface area contributed by atoms with Crippen molar-refractivity contribution in [1.29, 1.82) is 0 Å². The van der Waals surface area contributed by atoms with Gasteiger partial charge < -0.3 is 0 Å². The molecule has 2 rings (SSSR count). The van der Waals surface area contributed by atoms with Crippen molar-refractivity contribution in [2.24, 2.45) is 11.8 Å². The van der Waals surface area contributed by atoms with Gasteiger partial charge in [-0.3, -0.25) is 4.55 Å². The van der Waals surface area contributed by atoms with Gasteiger partial charge in [-0.05, 0) is 24.7 Å². The smallest absolute Gasteiger partial charge is 0.273 e. The molecule has 1 N–H and O–H groups in total. The summed E-state index contributed by atoms with van der Waals surface area (Å²) in [7, 11) is -2.57. The van der Waals surface area contributed by atoms with Crippen molar-refractivity contribution in [3.05, 3.63) is 12.2 Å². The van der Waals surface area contributed by atoms with Crippen molar-refractivity contribution >= 4 is 10.3 Å². The van der Waals surface area contributed by atoms with Crippen molar-refractivity contribution in [1.82, 2.24) is 4.31 Å². The standard InChI is InChI=1S/C8H13NO3S/c1-9(13(10,11)12)8-5-6-2-3-7(8)4-6/h2-3,6-8H,4-5H2,1H3,(H,10,11,12)/t6-,7?,8?/m0/s1. The van der Waals surface area contributed by atoms with E-state index in [4.69, 9.17) is 4.55 Å². The normalized spacial score (nSPS) is 37.6. The molecule has 0 radical (unpaired) electrons. The van der Waals surface area contributed by atoms with Crippen LogP contribution < -0.4 is 0 Å². The van der Waals surface area contributed by atoms with Gasteiger partial charge in [0.05, 0.1) is 0 Å². The van der Waals surface area contributed by atoms with Crippen LogP contribution in [-0.2, 0) is 10.3 Å². The Kier molecular flexibility index (Phi) is 1.98. The summed E-state index contributed by atoms with van der Waals surface area (Å²) in [5, 5.41) is 0. The molecule has 3 atom stereocenters. The van der Waals surface area contributed by atoms with Crippen molar-refractivity contribution in [2.75, 3.05) is 7.05 Å². The van der Waals surface area contributed by atoms with Crippen LogP contribution in [0.2, 0.25) is 0 Å². The molecule has 0 spiro atoms. The maximum absolute atomic E-state index is 10.9. The minimum absolute atomic E-state index is 0.0370. The van der Waals surface area contributed by atoms with E-state index in [0.29, 0.717) is 11.8 Å². The second kappa shape index (κ2) is 2.80. The average Bonchev–Trinajstić information content (AvgIpc) is 2.60. The highest BCUT2D eigenvalue weighted by Gasteiger charge is 2.40. The zero-order valence-corrected chi connectivity index (χ0v) is 8.24. The van der Waals surface area contributed by atoms with Gasteiger partial charge in [-0.15, -0.1) is 0 Å². The Labute approximate surface area is 78.1 Å². The zero-order valence-electron chi connectivity index (χ0n) is 7.42. The highest BCUT2D eigenvalue weighted by Crippen LogP contribution is 2.41. The van der Waals surface area contributed by atoms with Gasteiger partial charge in [-0.25, -0.2) is 0 Å². The fraction of sp³-hybridized carbons (Fsp3) is 0.750. The summed E-state index contributed by atoms with van der Waals surface area (Å²) in [4.78, 5) is 0. The first-order chi connectivity index (χ1) is 5.98. The Hall–Kier alpha value is -0.390. The molecule has 0 aromatic carbocycles. The third-order valence-electron chi connectivity index (χ3n) is 3.07. The Morgan fingerprint density at radius 3 is 2.46 bits per heavy atom. The van der Waals surface area contributed by atoms with Gasteiger partial charge in [-0.1, -0.05) is 12.2 Å². The molecule has 0 aliphatic heterocycles. The molecule has 2 unspecified atom stereocenters. The molecule has 0 heterocycles. The van der Waals surface area contributed by atoms with Gasteiger partial charge in [0.25, 0.3) is 0 Å². The lowest BCUT2D eigenvalue weighted by atomic mass is 10.0. The highest BCUT2D eigenvalue weighted by atomic mass is 32.2. The van der Waals surface area contributed by atoms with Gasteiger partial charge in [-0.2, -0.15) is 12.7 Å². The Morgan fingerprint density at radius 2 is 2.08 bits per heavy atom.